The van der Waals surface area contributed by atoms with E-state index in [0.29, 0.717) is 35.8 Å². The van der Waals surface area contributed by atoms with Crippen LogP contribution in [0.4, 0.5) is 0 Å². The van der Waals surface area contributed by atoms with Crippen LogP contribution < -0.4 is 0 Å². The molecule has 126 valence electrons. The normalized spacial score (nSPS) is 22.3. The number of hydrogen-bond acceptors (Lipinski definition) is 9. The molecule has 3 rings (SSSR count). The zero-order valence-electron chi connectivity index (χ0n) is 13.0. The van der Waals surface area contributed by atoms with Crippen LogP contribution in [0.2, 0.25) is 4.34 Å². The molecule has 8 nitrogen and oxygen atoms in total. The molecule has 2 aromatic heterocycles. The van der Waals surface area contributed by atoms with E-state index in [-0.39, 0.29) is 6.04 Å². The van der Waals surface area contributed by atoms with Crippen molar-refractivity contribution in [2.45, 2.75) is 39.1 Å². The number of aromatic nitrogens is 4. The van der Waals surface area contributed by atoms with E-state index < -0.39 is 6.10 Å². The Morgan fingerprint density at radius 1 is 1.39 bits per heavy atom. The molecule has 2 atom stereocenters. The monoisotopic (exact) mass is 358 g/mol. The molecular formula is C13H19ClN6O2S. The van der Waals surface area contributed by atoms with Gasteiger partial charge in [0, 0.05) is 38.1 Å². The Morgan fingerprint density at radius 2 is 2.22 bits per heavy atom. The molecule has 1 aliphatic heterocycles. The van der Waals surface area contributed by atoms with Crippen molar-refractivity contribution < 1.29 is 9.52 Å². The van der Waals surface area contributed by atoms with E-state index in [1.807, 2.05) is 0 Å². The van der Waals surface area contributed by atoms with Crippen LogP contribution in [0.25, 0.3) is 0 Å². The van der Waals surface area contributed by atoms with E-state index in [1.54, 1.807) is 6.92 Å². The Morgan fingerprint density at radius 3 is 2.83 bits per heavy atom. The number of aryl methyl sites for hydroxylation is 1. The molecule has 1 aliphatic rings. The van der Waals surface area contributed by atoms with Crippen molar-refractivity contribution in [1.82, 2.24) is 29.6 Å². The van der Waals surface area contributed by atoms with Gasteiger partial charge in [-0.25, -0.2) is 0 Å². The van der Waals surface area contributed by atoms with Crippen LogP contribution in [0.5, 0.6) is 0 Å². The summed E-state index contributed by atoms with van der Waals surface area (Å²) >= 11 is 7.24. The first-order valence-corrected chi connectivity index (χ1v) is 8.62. The first-order chi connectivity index (χ1) is 11.1. The molecule has 10 heteroatoms. The summed E-state index contributed by atoms with van der Waals surface area (Å²) in [6.45, 7) is 7.06. The van der Waals surface area contributed by atoms with Gasteiger partial charge >= 0.3 is 0 Å². The summed E-state index contributed by atoms with van der Waals surface area (Å²) in [6.07, 6.45) is -0.440. The average molecular weight is 359 g/mol. The second kappa shape index (κ2) is 7.18. The van der Waals surface area contributed by atoms with Crippen molar-refractivity contribution in [3.8, 4) is 0 Å². The van der Waals surface area contributed by atoms with Gasteiger partial charge in [0.15, 0.2) is 0 Å². The maximum atomic E-state index is 10.4. The Hall–Kier alpha value is -1.13. The van der Waals surface area contributed by atoms with E-state index in [2.05, 4.69) is 36.5 Å². The van der Waals surface area contributed by atoms with Gasteiger partial charge in [0.2, 0.25) is 11.8 Å². The summed E-state index contributed by atoms with van der Waals surface area (Å²) in [5.41, 5.74) is 0.764. The van der Waals surface area contributed by atoms with Gasteiger partial charge < -0.3 is 9.52 Å². The highest BCUT2D eigenvalue weighted by Crippen LogP contribution is 2.23. The van der Waals surface area contributed by atoms with Crippen LogP contribution in [0.1, 0.15) is 24.4 Å². The van der Waals surface area contributed by atoms with Crippen molar-refractivity contribution >= 4 is 23.1 Å². The summed E-state index contributed by atoms with van der Waals surface area (Å²) in [7, 11) is 0. The molecule has 1 N–H and O–H groups in total. The number of hydrogen-bond donors (Lipinski definition) is 1. The topological polar surface area (TPSA) is 91.4 Å². The average Bonchev–Trinajstić information content (AvgIpc) is 3.20. The van der Waals surface area contributed by atoms with Gasteiger partial charge in [0.25, 0.3) is 0 Å². The largest absolute Gasteiger partial charge is 0.424 e. The lowest BCUT2D eigenvalue weighted by Gasteiger charge is -2.28. The van der Waals surface area contributed by atoms with Gasteiger partial charge in [-0.1, -0.05) is 23.0 Å². The van der Waals surface area contributed by atoms with Crippen molar-refractivity contribution in [1.29, 1.82) is 0 Å². The van der Waals surface area contributed by atoms with E-state index in [4.69, 9.17) is 16.0 Å². The smallest absolute Gasteiger partial charge is 0.230 e. The molecule has 0 unspecified atom stereocenters. The maximum Gasteiger partial charge on any atom is 0.230 e. The third-order valence-electron chi connectivity index (χ3n) is 4.00. The number of likely N-dealkylation sites (N-methyl/N-ethyl adjacent to an activating group) is 1. The zero-order valence-corrected chi connectivity index (χ0v) is 14.6. The Labute approximate surface area is 143 Å². The second-order valence-corrected chi connectivity index (χ2v) is 6.96. The fraction of sp³-hybridized carbons (Fsp3) is 0.692. The molecule has 1 saturated heterocycles. The molecule has 0 aliphatic carbocycles. The molecule has 2 aromatic rings. The molecule has 1 fully saturated rings. The molecule has 0 saturated carbocycles. The van der Waals surface area contributed by atoms with E-state index in [1.165, 1.54) is 11.5 Å². The first kappa shape index (κ1) is 16.7. The van der Waals surface area contributed by atoms with E-state index >= 15 is 0 Å². The summed E-state index contributed by atoms with van der Waals surface area (Å²) in [5, 5.41) is 22.3. The van der Waals surface area contributed by atoms with Crippen molar-refractivity contribution in [3.05, 3.63) is 21.8 Å². The minimum Gasteiger partial charge on any atom is -0.424 e. The van der Waals surface area contributed by atoms with Gasteiger partial charge in [-0.05, 0) is 6.54 Å². The number of likely N-dealkylation sites (tertiary alicyclic amines) is 1. The van der Waals surface area contributed by atoms with Crippen LogP contribution in [0.15, 0.2) is 4.42 Å². The molecule has 0 radical (unpaired) electrons. The van der Waals surface area contributed by atoms with Crippen molar-refractivity contribution in [2.75, 3.05) is 19.6 Å². The van der Waals surface area contributed by atoms with Gasteiger partial charge in [-0.15, -0.1) is 15.3 Å². The van der Waals surface area contributed by atoms with E-state index in [9.17, 15) is 5.11 Å². The number of β-amino-alcohol motifs (C(OH)–C–C–N with tert-alkyl or cyclic N) is 1. The summed E-state index contributed by atoms with van der Waals surface area (Å²) in [4.78, 5) is 4.29. The Kier molecular flexibility index (Phi) is 5.22. The van der Waals surface area contributed by atoms with Gasteiger partial charge in [-0.2, -0.15) is 0 Å². The Balaban J connectivity index is 1.63. The lowest BCUT2D eigenvalue weighted by Crippen LogP contribution is -2.42. The first-order valence-electron chi connectivity index (χ1n) is 7.47. The number of aliphatic hydroxyl groups is 1. The molecule has 0 bridgehead atoms. The number of nitrogens with zero attached hydrogens (tertiary/aromatic N) is 6. The predicted molar refractivity (Wildman–Crippen MR) is 85.1 cm³/mol. The van der Waals surface area contributed by atoms with Crippen molar-refractivity contribution in [2.24, 2.45) is 0 Å². The lowest BCUT2D eigenvalue weighted by molar-refractivity contribution is 0.0760. The number of rotatable bonds is 6. The highest BCUT2D eigenvalue weighted by atomic mass is 35.5. The SMILES string of the molecule is CCN(Cc1nnc(C)o1)[C@@H]1CN(Cc2nnsc2Cl)C[C@H]1O. The molecule has 0 amide bonds. The Bertz CT molecular complexity index is 650. The highest BCUT2D eigenvalue weighted by Gasteiger charge is 2.36. The predicted octanol–water partition coefficient (Wildman–Crippen LogP) is 0.950. The van der Waals surface area contributed by atoms with Crippen LogP contribution in [-0.4, -0.2) is 66.5 Å². The standard InChI is InChI=1S/C13H19ClN6O2S/c1-3-20(7-12-17-15-8(2)22-12)10-5-19(6-11(10)21)4-9-13(14)23-18-16-9/h10-11,21H,3-7H2,1-2H3/t10-,11-/m1/s1. The summed E-state index contributed by atoms with van der Waals surface area (Å²) in [5.74, 6) is 1.12. The fourth-order valence-corrected chi connectivity index (χ4v) is 3.49. The summed E-state index contributed by atoms with van der Waals surface area (Å²) < 4.78 is 9.90. The molecule has 0 spiro atoms. The van der Waals surface area contributed by atoms with Crippen LogP contribution in [0, 0.1) is 6.92 Å². The van der Waals surface area contributed by atoms with Crippen molar-refractivity contribution in [3.63, 3.8) is 0 Å². The van der Waals surface area contributed by atoms with Crippen LogP contribution in [-0.2, 0) is 13.1 Å². The minimum atomic E-state index is -0.440. The van der Waals surface area contributed by atoms with Gasteiger partial charge in [0.05, 0.1) is 18.7 Å². The van der Waals surface area contributed by atoms with Gasteiger partial charge in [-0.3, -0.25) is 9.80 Å². The van der Waals surface area contributed by atoms with E-state index in [0.717, 1.165) is 18.8 Å². The highest BCUT2D eigenvalue weighted by molar-refractivity contribution is 7.10. The maximum absolute atomic E-state index is 10.4. The molecule has 3 heterocycles. The molecular weight excluding hydrogens is 340 g/mol. The summed E-state index contributed by atoms with van der Waals surface area (Å²) in [6, 6.07) is 0.0116. The quantitative estimate of drug-likeness (QED) is 0.816. The lowest BCUT2D eigenvalue weighted by atomic mass is 10.2. The van der Waals surface area contributed by atoms with Crippen LogP contribution >= 0.6 is 23.1 Å². The molecule has 0 aromatic carbocycles. The minimum absolute atomic E-state index is 0.0116. The second-order valence-electron chi connectivity index (χ2n) is 5.60. The third-order valence-corrected chi connectivity index (χ3v) is 4.98. The number of aliphatic hydroxyl groups excluding tert-OH is 1. The zero-order chi connectivity index (χ0) is 16.4. The van der Waals surface area contributed by atoms with Crippen LogP contribution in [0.3, 0.4) is 0 Å². The molecule has 23 heavy (non-hydrogen) atoms. The fourth-order valence-electron chi connectivity index (χ4n) is 2.88. The third kappa shape index (κ3) is 3.86. The number of halogens is 1. The van der Waals surface area contributed by atoms with Gasteiger partial charge in [0.1, 0.15) is 10.0 Å².